The number of ether oxygens (including phenoxy) is 1. The number of hydrogen-bond acceptors (Lipinski definition) is 5. The molecule has 1 aromatic heterocycles. The maximum atomic E-state index is 13.1. The van der Waals surface area contributed by atoms with E-state index in [1.54, 1.807) is 11.3 Å². The highest BCUT2D eigenvalue weighted by atomic mass is 32.1. The van der Waals surface area contributed by atoms with Gasteiger partial charge >= 0.3 is 0 Å². The summed E-state index contributed by atoms with van der Waals surface area (Å²) in [5.41, 5.74) is 4.30. The summed E-state index contributed by atoms with van der Waals surface area (Å²) in [6.45, 7) is 7.91. The van der Waals surface area contributed by atoms with Crippen molar-refractivity contribution in [3.05, 3.63) is 57.9 Å². The summed E-state index contributed by atoms with van der Waals surface area (Å²) in [5, 5.41) is 3.88. The molecule has 1 atom stereocenters. The Bertz CT molecular complexity index is 1150. The number of hydrogen-bond donors (Lipinski definition) is 1. The lowest BCUT2D eigenvalue weighted by molar-refractivity contribution is -0.128. The molecule has 1 aliphatic heterocycles. The molecule has 3 aromatic rings. The van der Waals surface area contributed by atoms with E-state index in [2.05, 4.69) is 17.2 Å². The summed E-state index contributed by atoms with van der Waals surface area (Å²) < 4.78 is 5.93. The average molecular weight is 450 g/mol. The first-order valence-electron chi connectivity index (χ1n) is 10.8. The average Bonchev–Trinajstić information content (AvgIpc) is 3.13. The summed E-state index contributed by atoms with van der Waals surface area (Å²) in [6.07, 6.45) is 0.862. The minimum absolute atomic E-state index is 0.0836. The van der Waals surface area contributed by atoms with Crippen molar-refractivity contribution in [2.24, 2.45) is 0 Å². The van der Waals surface area contributed by atoms with E-state index in [1.807, 2.05) is 63.2 Å². The SMILES string of the molecule is CCc1ccc(NC(=O)CN2C(=O)C(CC)Oc3ccc(-c4nc(C)sc4C)cc32)cc1. The molecule has 32 heavy (non-hydrogen) atoms. The number of rotatable bonds is 6. The van der Waals surface area contributed by atoms with E-state index in [0.717, 1.165) is 27.6 Å². The molecule has 0 radical (unpaired) electrons. The van der Waals surface area contributed by atoms with Crippen LogP contribution in [0.25, 0.3) is 11.3 Å². The van der Waals surface area contributed by atoms with Crippen LogP contribution in [0.1, 0.15) is 35.7 Å². The van der Waals surface area contributed by atoms with Gasteiger partial charge < -0.3 is 10.1 Å². The number of benzene rings is 2. The highest BCUT2D eigenvalue weighted by Gasteiger charge is 2.35. The van der Waals surface area contributed by atoms with Gasteiger partial charge in [0.05, 0.1) is 16.4 Å². The van der Waals surface area contributed by atoms with Gasteiger partial charge in [-0.05, 0) is 62.6 Å². The molecular formula is C25H27N3O3S. The van der Waals surface area contributed by atoms with Gasteiger partial charge in [-0.15, -0.1) is 11.3 Å². The highest BCUT2D eigenvalue weighted by Crippen LogP contribution is 2.39. The van der Waals surface area contributed by atoms with E-state index in [4.69, 9.17) is 4.74 Å². The fourth-order valence-electron chi connectivity index (χ4n) is 3.86. The number of anilines is 2. The number of aryl methyl sites for hydroxylation is 3. The van der Waals surface area contributed by atoms with Crippen LogP contribution in [-0.2, 0) is 16.0 Å². The van der Waals surface area contributed by atoms with Crippen molar-refractivity contribution in [1.82, 2.24) is 4.98 Å². The molecule has 2 heterocycles. The number of amides is 2. The Hall–Kier alpha value is -3.19. The molecule has 0 saturated carbocycles. The van der Waals surface area contributed by atoms with Gasteiger partial charge in [-0.3, -0.25) is 14.5 Å². The molecule has 1 aliphatic rings. The maximum Gasteiger partial charge on any atom is 0.268 e. The summed E-state index contributed by atoms with van der Waals surface area (Å²) in [5.74, 6) is 0.140. The molecule has 2 aromatic carbocycles. The van der Waals surface area contributed by atoms with Crippen molar-refractivity contribution in [2.45, 2.75) is 46.6 Å². The van der Waals surface area contributed by atoms with Gasteiger partial charge in [0.15, 0.2) is 6.10 Å². The van der Waals surface area contributed by atoms with Crippen LogP contribution in [0.2, 0.25) is 0 Å². The Morgan fingerprint density at radius 2 is 1.91 bits per heavy atom. The predicted molar refractivity (Wildman–Crippen MR) is 129 cm³/mol. The second kappa shape index (κ2) is 9.12. The molecule has 0 bridgehead atoms. The molecule has 166 valence electrons. The second-order valence-electron chi connectivity index (χ2n) is 7.86. The summed E-state index contributed by atoms with van der Waals surface area (Å²) in [7, 11) is 0. The Balaban J connectivity index is 1.63. The van der Waals surface area contributed by atoms with Gasteiger partial charge in [0.25, 0.3) is 5.91 Å². The number of nitrogens with one attached hydrogen (secondary N) is 1. The van der Waals surface area contributed by atoms with Crippen molar-refractivity contribution in [3.8, 4) is 17.0 Å². The first kappa shape index (κ1) is 22.0. The first-order valence-corrected chi connectivity index (χ1v) is 11.7. The second-order valence-corrected chi connectivity index (χ2v) is 9.27. The number of carbonyl (C=O) groups is 2. The number of aromatic nitrogens is 1. The van der Waals surface area contributed by atoms with Gasteiger partial charge in [-0.25, -0.2) is 4.98 Å². The van der Waals surface area contributed by atoms with Crippen LogP contribution < -0.4 is 15.0 Å². The smallest absolute Gasteiger partial charge is 0.268 e. The minimum Gasteiger partial charge on any atom is -0.478 e. The van der Waals surface area contributed by atoms with Crippen molar-refractivity contribution in [3.63, 3.8) is 0 Å². The topological polar surface area (TPSA) is 71.5 Å². The zero-order valence-corrected chi connectivity index (χ0v) is 19.6. The van der Waals surface area contributed by atoms with E-state index < -0.39 is 6.10 Å². The summed E-state index contributed by atoms with van der Waals surface area (Å²) >= 11 is 1.63. The third-order valence-corrected chi connectivity index (χ3v) is 6.44. The highest BCUT2D eigenvalue weighted by molar-refractivity contribution is 7.11. The lowest BCUT2D eigenvalue weighted by Crippen LogP contribution is -2.48. The molecule has 0 saturated heterocycles. The van der Waals surface area contributed by atoms with Gasteiger partial charge in [0.2, 0.25) is 5.91 Å². The third-order valence-electron chi connectivity index (χ3n) is 5.56. The van der Waals surface area contributed by atoms with Gasteiger partial charge in [0.1, 0.15) is 12.3 Å². The molecular weight excluding hydrogens is 422 g/mol. The van der Waals surface area contributed by atoms with Gasteiger partial charge in [-0.2, -0.15) is 0 Å². The number of thiazole rings is 1. The fourth-order valence-corrected chi connectivity index (χ4v) is 4.70. The largest absolute Gasteiger partial charge is 0.478 e. The van der Waals surface area contributed by atoms with Crippen LogP contribution in [0.4, 0.5) is 11.4 Å². The van der Waals surface area contributed by atoms with Gasteiger partial charge in [-0.1, -0.05) is 26.0 Å². The van der Waals surface area contributed by atoms with E-state index in [0.29, 0.717) is 23.5 Å². The third kappa shape index (κ3) is 4.39. The number of nitrogens with zero attached hydrogens (tertiary/aromatic N) is 2. The fraction of sp³-hybridized carbons (Fsp3) is 0.320. The van der Waals surface area contributed by atoms with Crippen LogP contribution in [0.3, 0.4) is 0 Å². The standard InChI is InChI=1S/C25H27N3O3S/c1-5-17-7-10-19(11-8-17)27-23(29)14-28-20-13-18(24-15(3)32-16(4)26-24)9-12-22(20)31-21(6-2)25(28)30/h7-13,21H,5-6,14H2,1-4H3,(H,27,29). The molecule has 4 rings (SSSR count). The predicted octanol–water partition coefficient (Wildman–Crippen LogP) is 5.13. The van der Waals surface area contributed by atoms with Crippen LogP contribution in [0.15, 0.2) is 42.5 Å². The van der Waals surface area contributed by atoms with Crippen molar-refractivity contribution < 1.29 is 14.3 Å². The van der Waals surface area contributed by atoms with Crippen molar-refractivity contribution in [2.75, 3.05) is 16.8 Å². The molecule has 7 heteroatoms. The first-order chi connectivity index (χ1) is 15.4. The molecule has 2 amide bonds. The molecule has 0 spiro atoms. The molecule has 6 nitrogen and oxygen atoms in total. The molecule has 1 unspecified atom stereocenters. The normalized spacial score (nSPS) is 15.3. The molecule has 0 aliphatic carbocycles. The monoisotopic (exact) mass is 449 g/mol. The summed E-state index contributed by atoms with van der Waals surface area (Å²) in [4.78, 5) is 33.2. The van der Waals surface area contributed by atoms with Crippen LogP contribution in [0.5, 0.6) is 5.75 Å². The molecule has 0 fully saturated rings. The maximum absolute atomic E-state index is 13.1. The Kier molecular flexibility index (Phi) is 6.28. The van der Waals surface area contributed by atoms with Crippen molar-refractivity contribution >= 4 is 34.5 Å². The van der Waals surface area contributed by atoms with E-state index in [9.17, 15) is 9.59 Å². The van der Waals surface area contributed by atoms with Crippen molar-refractivity contribution in [1.29, 1.82) is 0 Å². The quantitative estimate of drug-likeness (QED) is 0.566. The van der Waals surface area contributed by atoms with Crippen LogP contribution in [0, 0.1) is 13.8 Å². The van der Waals surface area contributed by atoms with Gasteiger partial charge in [0, 0.05) is 16.1 Å². The zero-order valence-electron chi connectivity index (χ0n) is 18.8. The van der Waals surface area contributed by atoms with E-state index in [1.165, 1.54) is 10.5 Å². The number of carbonyl (C=O) groups excluding carboxylic acids is 2. The Morgan fingerprint density at radius 3 is 2.53 bits per heavy atom. The number of fused-ring (bicyclic) bond motifs is 1. The zero-order chi connectivity index (χ0) is 22.8. The van der Waals surface area contributed by atoms with Crippen LogP contribution in [-0.4, -0.2) is 29.4 Å². The minimum atomic E-state index is -0.603. The van der Waals surface area contributed by atoms with Crippen LogP contribution >= 0.6 is 11.3 Å². The molecule has 1 N–H and O–H groups in total. The summed E-state index contributed by atoms with van der Waals surface area (Å²) in [6, 6.07) is 13.4. The van der Waals surface area contributed by atoms with E-state index >= 15 is 0 Å². The Labute approximate surface area is 192 Å². The lowest BCUT2D eigenvalue weighted by Gasteiger charge is -2.34. The lowest BCUT2D eigenvalue weighted by atomic mass is 10.1. The Morgan fingerprint density at radius 1 is 1.16 bits per heavy atom. The van der Waals surface area contributed by atoms with E-state index in [-0.39, 0.29) is 18.4 Å².